The molecule has 0 amide bonds. The Morgan fingerprint density at radius 3 is 2.92 bits per heavy atom. The Morgan fingerprint density at radius 2 is 2.16 bits per heavy atom. The van der Waals surface area contributed by atoms with Crippen LogP contribution in [-0.2, 0) is 12.0 Å². The number of pyridine rings is 1. The highest BCUT2D eigenvalue weighted by atomic mass is 35.5. The fourth-order valence-electron chi connectivity index (χ4n) is 3.61. The number of hydrogen-bond acceptors (Lipinski definition) is 4. The van der Waals surface area contributed by atoms with E-state index in [-0.39, 0.29) is 11.0 Å². The molecule has 124 valence electrons. The number of benzene rings is 1. The normalized spacial score (nSPS) is 22.0. The van der Waals surface area contributed by atoms with Crippen LogP contribution in [0, 0.1) is 17.1 Å². The standard InChI is InChI=1S/C19H14ClFN4/c20-17-15(11-22)19(25-18(24-17)16-5-1-2-9-23-16)8-3-4-12-10-13(21)6-7-14(12)19/h1-2,5-7,9-10H,3-4,8H2,(H,24,25). The maximum absolute atomic E-state index is 13.7. The second-order valence-corrected chi connectivity index (χ2v) is 6.49. The van der Waals surface area contributed by atoms with Crippen LogP contribution in [0.3, 0.4) is 0 Å². The summed E-state index contributed by atoms with van der Waals surface area (Å²) in [6, 6.07) is 12.4. The molecule has 0 saturated carbocycles. The molecule has 1 aliphatic heterocycles. The van der Waals surface area contributed by atoms with Gasteiger partial charge in [0.05, 0.1) is 5.57 Å². The van der Waals surface area contributed by atoms with Crippen LogP contribution in [0.25, 0.3) is 0 Å². The number of fused-ring (bicyclic) bond motifs is 2. The first-order valence-electron chi connectivity index (χ1n) is 8.01. The van der Waals surface area contributed by atoms with Gasteiger partial charge in [-0.25, -0.2) is 9.38 Å². The summed E-state index contributed by atoms with van der Waals surface area (Å²) in [5, 5.41) is 13.0. The molecule has 1 unspecified atom stereocenters. The molecule has 4 nitrogen and oxygen atoms in total. The van der Waals surface area contributed by atoms with Crippen LogP contribution in [0.4, 0.5) is 4.39 Å². The molecule has 2 aliphatic rings. The van der Waals surface area contributed by atoms with E-state index in [0.29, 0.717) is 23.5 Å². The van der Waals surface area contributed by atoms with E-state index in [2.05, 4.69) is 16.4 Å². The molecule has 4 rings (SSSR count). The molecular formula is C19H14ClFN4. The van der Waals surface area contributed by atoms with E-state index in [1.54, 1.807) is 12.3 Å². The first-order chi connectivity index (χ1) is 12.1. The van der Waals surface area contributed by atoms with Crippen molar-refractivity contribution in [3.05, 3.63) is 76.0 Å². The molecular weight excluding hydrogens is 339 g/mol. The van der Waals surface area contributed by atoms with E-state index in [0.717, 1.165) is 24.0 Å². The van der Waals surface area contributed by atoms with Gasteiger partial charge in [-0.2, -0.15) is 5.26 Å². The van der Waals surface area contributed by atoms with Crippen LogP contribution in [0.1, 0.15) is 29.7 Å². The molecule has 1 spiro atoms. The van der Waals surface area contributed by atoms with Crippen LogP contribution in [0.2, 0.25) is 0 Å². The third kappa shape index (κ3) is 2.50. The molecule has 2 aromatic rings. The fraction of sp³-hybridized carbons (Fsp3) is 0.211. The average Bonchev–Trinajstić information content (AvgIpc) is 2.62. The van der Waals surface area contributed by atoms with E-state index >= 15 is 0 Å². The number of nitriles is 1. The van der Waals surface area contributed by atoms with Crippen LogP contribution in [0.5, 0.6) is 0 Å². The van der Waals surface area contributed by atoms with Gasteiger partial charge in [0.2, 0.25) is 0 Å². The minimum absolute atomic E-state index is 0.246. The van der Waals surface area contributed by atoms with Crippen LogP contribution in [-0.4, -0.2) is 10.8 Å². The van der Waals surface area contributed by atoms with Crippen molar-refractivity contribution < 1.29 is 4.39 Å². The molecule has 1 aliphatic carbocycles. The molecule has 25 heavy (non-hydrogen) atoms. The fourth-order valence-corrected chi connectivity index (χ4v) is 3.89. The second-order valence-electron chi connectivity index (χ2n) is 6.12. The number of rotatable bonds is 1. The van der Waals surface area contributed by atoms with Gasteiger partial charge in [-0.05, 0) is 54.7 Å². The van der Waals surface area contributed by atoms with E-state index in [1.807, 2.05) is 18.2 Å². The summed E-state index contributed by atoms with van der Waals surface area (Å²) in [6.07, 6.45) is 3.87. The third-order valence-corrected chi connectivity index (χ3v) is 4.96. The van der Waals surface area contributed by atoms with E-state index in [4.69, 9.17) is 16.6 Å². The molecule has 0 bridgehead atoms. The van der Waals surface area contributed by atoms with Crippen molar-refractivity contribution >= 4 is 17.4 Å². The van der Waals surface area contributed by atoms with Crippen LogP contribution >= 0.6 is 11.6 Å². The van der Waals surface area contributed by atoms with Gasteiger partial charge in [-0.3, -0.25) is 4.98 Å². The number of nitrogens with one attached hydrogen (secondary N) is 1. The molecule has 0 radical (unpaired) electrons. The quantitative estimate of drug-likeness (QED) is 0.794. The Hall–Kier alpha value is -2.71. The molecule has 2 heterocycles. The van der Waals surface area contributed by atoms with Crippen LogP contribution in [0.15, 0.2) is 58.3 Å². The molecule has 0 saturated heterocycles. The predicted molar refractivity (Wildman–Crippen MR) is 93.4 cm³/mol. The van der Waals surface area contributed by atoms with Crippen molar-refractivity contribution in [1.82, 2.24) is 10.3 Å². The number of aliphatic imine (C=N–C) groups is 1. The van der Waals surface area contributed by atoms with Gasteiger partial charge in [0, 0.05) is 6.20 Å². The van der Waals surface area contributed by atoms with Gasteiger partial charge < -0.3 is 5.32 Å². The summed E-state index contributed by atoms with van der Waals surface area (Å²) < 4.78 is 13.7. The number of aromatic nitrogens is 1. The molecule has 6 heteroatoms. The van der Waals surface area contributed by atoms with Crippen molar-refractivity contribution in [2.45, 2.75) is 24.8 Å². The van der Waals surface area contributed by atoms with E-state index in [1.165, 1.54) is 12.1 Å². The topological polar surface area (TPSA) is 61.1 Å². The predicted octanol–water partition coefficient (Wildman–Crippen LogP) is 3.78. The van der Waals surface area contributed by atoms with Crippen molar-refractivity contribution in [1.29, 1.82) is 5.26 Å². The number of hydrogen-bond donors (Lipinski definition) is 1. The van der Waals surface area contributed by atoms with E-state index < -0.39 is 5.54 Å². The van der Waals surface area contributed by atoms with E-state index in [9.17, 15) is 9.65 Å². The first-order valence-corrected chi connectivity index (χ1v) is 8.39. The van der Waals surface area contributed by atoms with Crippen molar-refractivity contribution in [2.24, 2.45) is 4.99 Å². The zero-order chi connectivity index (χ0) is 17.4. The Labute approximate surface area is 149 Å². The smallest absolute Gasteiger partial charge is 0.153 e. The minimum atomic E-state index is -0.898. The minimum Gasteiger partial charge on any atom is -0.328 e. The molecule has 0 fully saturated rings. The van der Waals surface area contributed by atoms with Gasteiger partial charge >= 0.3 is 0 Å². The zero-order valence-corrected chi connectivity index (χ0v) is 14.0. The first kappa shape index (κ1) is 15.8. The summed E-state index contributed by atoms with van der Waals surface area (Å²) in [6.45, 7) is 0. The molecule has 1 N–H and O–H groups in total. The Balaban J connectivity index is 1.96. The van der Waals surface area contributed by atoms with Gasteiger partial charge in [-0.15, -0.1) is 0 Å². The average molecular weight is 353 g/mol. The second kappa shape index (κ2) is 5.98. The number of amidine groups is 1. The summed E-state index contributed by atoms with van der Waals surface area (Å²) in [5.41, 5.74) is 1.82. The Kier molecular flexibility index (Phi) is 3.78. The maximum atomic E-state index is 13.7. The highest BCUT2D eigenvalue weighted by Gasteiger charge is 2.44. The Bertz CT molecular complexity index is 946. The lowest BCUT2D eigenvalue weighted by atomic mass is 9.72. The lowest BCUT2D eigenvalue weighted by Crippen LogP contribution is -2.41. The zero-order valence-electron chi connectivity index (χ0n) is 13.3. The SMILES string of the molecule is N#CC1=C(Cl)NC(c2ccccn2)=NC12CCCc1cc(F)ccc12. The van der Waals surface area contributed by atoms with Crippen molar-refractivity contribution in [3.63, 3.8) is 0 Å². The monoisotopic (exact) mass is 352 g/mol. The lowest BCUT2D eigenvalue weighted by molar-refractivity contribution is 0.435. The number of halogens is 2. The lowest BCUT2D eigenvalue weighted by Gasteiger charge is -2.39. The summed E-state index contributed by atoms with van der Waals surface area (Å²) in [5.74, 6) is 0.231. The summed E-state index contributed by atoms with van der Waals surface area (Å²) in [4.78, 5) is 9.19. The van der Waals surface area contributed by atoms with Gasteiger partial charge in [0.25, 0.3) is 0 Å². The maximum Gasteiger partial charge on any atom is 0.153 e. The van der Waals surface area contributed by atoms with Gasteiger partial charge in [0.1, 0.15) is 28.3 Å². The third-order valence-electron chi connectivity index (χ3n) is 4.68. The molecule has 1 aromatic carbocycles. The summed E-state index contributed by atoms with van der Waals surface area (Å²) >= 11 is 6.41. The molecule has 1 aromatic heterocycles. The summed E-state index contributed by atoms with van der Waals surface area (Å²) in [7, 11) is 0. The van der Waals surface area contributed by atoms with Crippen molar-refractivity contribution in [2.75, 3.05) is 0 Å². The molecule has 1 atom stereocenters. The van der Waals surface area contributed by atoms with Gasteiger partial charge in [-0.1, -0.05) is 23.7 Å². The largest absolute Gasteiger partial charge is 0.328 e. The highest BCUT2D eigenvalue weighted by molar-refractivity contribution is 6.32. The van der Waals surface area contributed by atoms with Gasteiger partial charge in [0.15, 0.2) is 5.84 Å². The highest BCUT2D eigenvalue weighted by Crippen LogP contribution is 2.47. The number of aryl methyl sites for hydroxylation is 1. The number of nitrogens with zero attached hydrogens (tertiary/aromatic N) is 3. The van der Waals surface area contributed by atoms with Crippen molar-refractivity contribution in [3.8, 4) is 6.07 Å². The van der Waals surface area contributed by atoms with Crippen LogP contribution < -0.4 is 5.32 Å². The Morgan fingerprint density at radius 1 is 1.28 bits per heavy atom.